The molecule has 0 aliphatic carbocycles. The van der Waals surface area contributed by atoms with Gasteiger partial charge in [0.15, 0.2) is 5.78 Å². The lowest BCUT2D eigenvalue weighted by atomic mass is 10.1. The molecule has 8 heteroatoms. The normalized spacial score (nSPS) is 11.4. The first-order valence-electron chi connectivity index (χ1n) is 9.51. The zero-order valence-corrected chi connectivity index (χ0v) is 17.4. The number of sulfone groups is 1. The summed E-state index contributed by atoms with van der Waals surface area (Å²) in [4.78, 5) is 31.3. The van der Waals surface area contributed by atoms with Crippen molar-refractivity contribution in [1.82, 2.24) is 15.3 Å². The van der Waals surface area contributed by atoms with Gasteiger partial charge in [-0.3, -0.25) is 14.6 Å². The van der Waals surface area contributed by atoms with Crippen LogP contribution in [0.3, 0.4) is 0 Å². The van der Waals surface area contributed by atoms with E-state index in [1.165, 1.54) is 31.2 Å². The molecule has 2 N–H and O–H groups in total. The first kappa shape index (κ1) is 20.5. The molecule has 0 aliphatic rings. The molecule has 31 heavy (non-hydrogen) atoms. The molecule has 156 valence electrons. The maximum Gasteiger partial charge on any atom is 0.267 e. The molecular weight excluding hydrogens is 414 g/mol. The summed E-state index contributed by atoms with van der Waals surface area (Å²) in [6.45, 7) is 1.57. The molecular formula is C23H19N3O4S. The number of Topliss-reactive ketones (excluding diaryl/α,β-unsaturated/α-hetero) is 1. The summed E-state index contributed by atoms with van der Waals surface area (Å²) < 4.78 is 26.0. The number of ketones is 1. The Hall–Kier alpha value is -3.78. The van der Waals surface area contributed by atoms with Crippen LogP contribution in [-0.2, 0) is 16.4 Å². The van der Waals surface area contributed by atoms with Crippen LogP contribution in [0.1, 0.15) is 33.3 Å². The molecule has 0 bridgehead atoms. The van der Waals surface area contributed by atoms with Gasteiger partial charge in [0.1, 0.15) is 5.69 Å². The summed E-state index contributed by atoms with van der Waals surface area (Å²) >= 11 is 0. The van der Waals surface area contributed by atoms with Gasteiger partial charge in [0.25, 0.3) is 5.91 Å². The molecule has 0 fully saturated rings. The average Bonchev–Trinajstić information content (AvgIpc) is 3.22. The van der Waals surface area contributed by atoms with Crippen molar-refractivity contribution in [1.29, 1.82) is 0 Å². The van der Waals surface area contributed by atoms with Crippen molar-refractivity contribution in [2.75, 3.05) is 0 Å². The number of benzene rings is 2. The molecule has 0 unspecified atom stereocenters. The Bertz CT molecular complexity index is 1360. The van der Waals surface area contributed by atoms with Crippen LogP contribution in [0, 0.1) is 0 Å². The Morgan fingerprint density at radius 3 is 2.48 bits per heavy atom. The van der Waals surface area contributed by atoms with E-state index in [0.29, 0.717) is 5.69 Å². The van der Waals surface area contributed by atoms with Crippen molar-refractivity contribution < 1.29 is 18.0 Å². The number of nitrogens with one attached hydrogen (secondary N) is 2. The molecule has 2 heterocycles. The van der Waals surface area contributed by atoms with Crippen LogP contribution >= 0.6 is 0 Å². The standard InChI is InChI=1S/C23H19N3O4S/c1-15(27)19-4-2-3-5-22(19)31(29,30)18-8-6-16(7-9-18)13-25-23(28)21-12-17-14-24-11-10-20(17)26-21/h2-12,14,26H,13H2,1H3,(H,25,28). The number of aromatic nitrogens is 2. The maximum atomic E-state index is 13.0. The van der Waals surface area contributed by atoms with Gasteiger partial charge in [0.2, 0.25) is 9.84 Å². The summed E-state index contributed by atoms with van der Waals surface area (Å²) in [7, 11) is -3.84. The van der Waals surface area contributed by atoms with Gasteiger partial charge < -0.3 is 10.3 Å². The monoisotopic (exact) mass is 433 g/mol. The average molecular weight is 433 g/mol. The lowest BCUT2D eigenvalue weighted by Crippen LogP contribution is -2.23. The number of carbonyl (C=O) groups is 2. The first-order valence-corrected chi connectivity index (χ1v) is 11.0. The van der Waals surface area contributed by atoms with E-state index in [2.05, 4.69) is 15.3 Å². The molecule has 0 saturated carbocycles. The predicted molar refractivity (Wildman–Crippen MR) is 116 cm³/mol. The molecule has 0 aliphatic heterocycles. The number of H-pyrrole nitrogens is 1. The number of nitrogens with zero attached hydrogens (tertiary/aromatic N) is 1. The van der Waals surface area contributed by atoms with Gasteiger partial charge in [0, 0.05) is 35.4 Å². The molecule has 0 spiro atoms. The highest BCUT2D eigenvalue weighted by Crippen LogP contribution is 2.25. The second kappa shape index (κ2) is 8.16. The molecule has 2 aromatic heterocycles. The van der Waals surface area contributed by atoms with Crippen molar-refractivity contribution in [2.45, 2.75) is 23.3 Å². The lowest BCUT2D eigenvalue weighted by Gasteiger charge is -2.10. The van der Waals surface area contributed by atoms with Crippen LogP contribution in [0.2, 0.25) is 0 Å². The number of amides is 1. The molecule has 0 saturated heterocycles. The van der Waals surface area contributed by atoms with Crippen molar-refractivity contribution in [2.24, 2.45) is 0 Å². The number of hydrogen-bond acceptors (Lipinski definition) is 5. The molecule has 2 aromatic carbocycles. The summed E-state index contributed by atoms with van der Waals surface area (Å²) in [6.07, 6.45) is 3.32. The van der Waals surface area contributed by atoms with Crippen molar-refractivity contribution in [3.63, 3.8) is 0 Å². The van der Waals surface area contributed by atoms with E-state index in [1.807, 2.05) is 0 Å². The summed E-state index contributed by atoms with van der Waals surface area (Å²) in [5, 5.41) is 3.65. The smallest absolute Gasteiger partial charge is 0.267 e. The van der Waals surface area contributed by atoms with Gasteiger partial charge in [-0.15, -0.1) is 0 Å². The number of aromatic amines is 1. The summed E-state index contributed by atoms with van der Waals surface area (Å²) in [5.41, 5.74) is 2.14. The van der Waals surface area contributed by atoms with Gasteiger partial charge >= 0.3 is 0 Å². The van der Waals surface area contributed by atoms with Crippen LogP contribution < -0.4 is 5.32 Å². The number of pyridine rings is 1. The van der Waals surface area contributed by atoms with Crippen LogP contribution in [0.25, 0.3) is 10.9 Å². The van der Waals surface area contributed by atoms with E-state index in [-0.39, 0.29) is 33.6 Å². The predicted octanol–water partition coefficient (Wildman–Crippen LogP) is 3.53. The minimum absolute atomic E-state index is 0.0168. The fraction of sp³-hybridized carbons (Fsp3) is 0.0870. The molecule has 7 nitrogen and oxygen atoms in total. The molecule has 0 radical (unpaired) electrons. The molecule has 4 aromatic rings. The Morgan fingerprint density at radius 1 is 1.03 bits per heavy atom. The second-order valence-electron chi connectivity index (χ2n) is 7.03. The van der Waals surface area contributed by atoms with E-state index >= 15 is 0 Å². The second-order valence-corrected chi connectivity index (χ2v) is 8.95. The van der Waals surface area contributed by atoms with Crippen LogP contribution in [0.15, 0.2) is 82.8 Å². The lowest BCUT2D eigenvalue weighted by molar-refractivity contribution is 0.0945. The minimum Gasteiger partial charge on any atom is -0.350 e. The van der Waals surface area contributed by atoms with E-state index in [4.69, 9.17) is 0 Å². The van der Waals surface area contributed by atoms with Crippen LogP contribution in [0.5, 0.6) is 0 Å². The van der Waals surface area contributed by atoms with Crippen LogP contribution in [0.4, 0.5) is 0 Å². The topological polar surface area (TPSA) is 109 Å². The number of carbonyl (C=O) groups excluding carboxylic acids is 2. The van der Waals surface area contributed by atoms with Gasteiger partial charge in [0.05, 0.1) is 9.79 Å². The van der Waals surface area contributed by atoms with Crippen molar-refractivity contribution in [3.05, 3.63) is 89.9 Å². The van der Waals surface area contributed by atoms with E-state index in [9.17, 15) is 18.0 Å². The molecule has 1 amide bonds. The van der Waals surface area contributed by atoms with Crippen molar-refractivity contribution >= 4 is 32.4 Å². The minimum atomic E-state index is -3.84. The van der Waals surface area contributed by atoms with Gasteiger partial charge in [-0.25, -0.2) is 8.42 Å². The van der Waals surface area contributed by atoms with E-state index in [0.717, 1.165) is 16.5 Å². The SMILES string of the molecule is CC(=O)c1ccccc1S(=O)(=O)c1ccc(CNC(=O)c2cc3cnccc3[nH]2)cc1. The van der Waals surface area contributed by atoms with Gasteiger partial charge in [-0.1, -0.05) is 30.3 Å². The van der Waals surface area contributed by atoms with E-state index < -0.39 is 9.84 Å². The highest BCUT2D eigenvalue weighted by Gasteiger charge is 2.22. The van der Waals surface area contributed by atoms with Gasteiger partial charge in [-0.2, -0.15) is 0 Å². The van der Waals surface area contributed by atoms with Gasteiger partial charge in [-0.05, 0) is 42.8 Å². The van der Waals surface area contributed by atoms with E-state index in [1.54, 1.807) is 48.8 Å². The molecule has 0 atom stereocenters. The molecule has 4 rings (SSSR count). The third-order valence-corrected chi connectivity index (χ3v) is 6.74. The number of hydrogen-bond donors (Lipinski definition) is 2. The Kier molecular flexibility index (Phi) is 5.39. The third kappa shape index (κ3) is 4.10. The zero-order chi connectivity index (χ0) is 22.0. The maximum absolute atomic E-state index is 13.0. The van der Waals surface area contributed by atoms with Crippen molar-refractivity contribution in [3.8, 4) is 0 Å². The Morgan fingerprint density at radius 2 is 1.77 bits per heavy atom. The third-order valence-electron chi connectivity index (χ3n) is 4.91. The Balaban J connectivity index is 1.49. The highest BCUT2D eigenvalue weighted by molar-refractivity contribution is 7.91. The first-order chi connectivity index (χ1) is 14.9. The quantitative estimate of drug-likeness (QED) is 0.452. The fourth-order valence-corrected chi connectivity index (χ4v) is 4.78. The number of rotatable bonds is 6. The zero-order valence-electron chi connectivity index (χ0n) is 16.6. The number of fused-ring (bicyclic) bond motifs is 1. The highest BCUT2D eigenvalue weighted by atomic mass is 32.2. The summed E-state index contributed by atoms with van der Waals surface area (Å²) in [5.74, 6) is -0.588. The Labute approximate surface area is 179 Å². The fourth-order valence-electron chi connectivity index (χ4n) is 3.28. The largest absolute Gasteiger partial charge is 0.350 e. The van der Waals surface area contributed by atoms with Crippen LogP contribution in [-0.4, -0.2) is 30.1 Å². The summed E-state index contributed by atoms with van der Waals surface area (Å²) in [6, 6.07) is 15.9.